The van der Waals surface area contributed by atoms with Crippen molar-refractivity contribution in [2.24, 2.45) is 5.73 Å². The number of phenolic OH excluding ortho intramolecular Hbond substituents is 2. The number of nitrogens with one attached hydrogen (secondary N) is 1. The molecule has 1 aromatic rings. The van der Waals surface area contributed by atoms with Crippen LogP contribution in [0.15, 0.2) is 18.2 Å². The van der Waals surface area contributed by atoms with E-state index in [-0.39, 0.29) is 17.5 Å². The SMILES string of the molecule is CC(NCCN)c1ccc(O)cc1O. The van der Waals surface area contributed by atoms with Gasteiger partial charge in [0.15, 0.2) is 0 Å². The van der Waals surface area contributed by atoms with Crippen LogP contribution in [0.4, 0.5) is 0 Å². The zero-order chi connectivity index (χ0) is 10.6. The van der Waals surface area contributed by atoms with E-state index in [4.69, 9.17) is 10.8 Å². The summed E-state index contributed by atoms with van der Waals surface area (Å²) in [5, 5.41) is 21.8. The third kappa shape index (κ3) is 2.61. The number of nitrogens with two attached hydrogens (primary N) is 1. The van der Waals surface area contributed by atoms with E-state index in [0.29, 0.717) is 13.1 Å². The largest absolute Gasteiger partial charge is 0.508 e. The molecular weight excluding hydrogens is 180 g/mol. The number of hydrogen-bond donors (Lipinski definition) is 4. The lowest BCUT2D eigenvalue weighted by Crippen LogP contribution is -2.25. The van der Waals surface area contributed by atoms with Gasteiger partial charge in [0.2, 0.25) is 0 Å². The van der Waals surface area contributed by atoms with Crippen molar-refractivity contribution in [1.29, 1.82) is 0 Å². The lowest BCUT2D eigenvalue weighted by molar-refractivity contribution is 0.437. The van der Waals surface area contributed by atoms with E-state index in [1.807, 2.05) is 6.92 Å². The second-order valence-electron chi connectivity index (χ2n) is 3.21. The second-order valence-corrected chi connectivity index (χ2v) is 3.21. The number of phenols is 2. The number of aromatic hydroxyl groups is 2. The molecule has 4 nitrogen and oxygen atoms in total. The van der Waals surface area contributed by atoms with E-state index in [9.17, 15) is 5.11 Å². The van der Waals surface area contributed by atoms with Crippen LogP contribution >= 0.6 is 0 Å². The highest BCUT2D eigenvalue weighted by Gasteiger charge is 2.09. The van der Waals surface area contributed by atoms with Gasteiger partial charge in [-0.15, -0.1) is 0 Å². The fourth-order valence-electron chi connectivity index (χ4n) is 1.31. The van der Waals surface area contributed by atoms with Crippen LogP contribution in [0, 0.1) is 0 Å². The van der Waals surface area contributed by atoms with Crippen molar-refractivity contribution in [3.63, 3.8) is 0 Å². The Balaban J connectivity index is 2.74. The Morgan fingerprint density at radius 3 is 2.71 bits per heavy atom. The van der Waals surface area contributed by atoms with Gasteiger partial charge in [0.1, 0.15) is 11.5 Å². The number of hydrogen-bond acceptors (Lipinski definition) is 4. The van der Waals surface area contributed by atoms with Crippen LogP contribution in [-0.4, -0.2) is 23.3 Å². The van der Waals surface area contributed by atoms with Crippen LogP contribution in [0.5, 0.6) is 11.5 Å². The molecule has 1 unspecified atom stereocenters. The summed E-state index contributed by atoms with van der Waals surface area (Å²) < 4.78 is 0. The minimum atomic E-state index is 0.0270. The van der Waals surface area contributed by atoms with Crippen LogP contribution in [0.3, 0.4) is 0 Å². The van der Waals surface area contributed by atoms with E-state index in [0.717, 1.165) is 5.56 Å². The zero-order valence-electron chi connectivity index (χ0n) is 8.20. The molecule has 1 rings (SSSR count). The Kier molecular flexibility index (Phi) is 3.73. The van der Waals surface area contributed by atoms with Gasteiger partial charge in [-0.25, -0.2) is 0 Å². The number of benzene rings is 1. The maximum Gasteiger partial charge on any atom is 0.124 e. The highest BCUT2D eigenvalue weighted by molar-refractivity contribution is 5.40. The third-order valence-corrected chi connectivity index (χ3v) is 2.08. The van der Waals surface area contributed by atoms with E-state index >= 15 is 0 Å². The lowest BCUT2D eigenvalue weighted by Gasteiger charge is -2.14. The highest BCUT2D eigenvalue weighted by atomic mass is 16.3. The van der Waals surface area contributed by atoms with Gasteiger partial charge < -0.3 is 21.3 Å². The average Bonchev–Trinajstić information content (AvgIpc) is 2.14. The zero-order valence-corrected chi connectivity index (χ0v) is 8.20. The van der Waals surface area contributed by atoms with Gasteiger partial charge in [-0.05, 0) is 13.0 Å². The summed E-state index contributed by atoms with van der Waals surface area (Å²) >= 11 is 0. The quantitative estimate of drug-likeness (QED) is 0.572. The molecule has 0 fully saturated rings. The molecule has 5 N–H and O–H groups in total. The molecular formula is C10H16N2O2. The Hall–Kier alpha value is -1.26. The molecule has 0 bridgehead atoms. The van der Waals surface area contributed by atoms with Gasteiger partial charge in [-0.3, -0.25) is 0 Å². The second kappa shape index (κ2) is 4.83. The maximum absolute atomic E-state index is 9.53. The summed E-state index contributed by atoms with van der Waals surface area (Å²) in [6, 6.07) is 4.60. The molecule has 0 heterocycles. The summed E-state index contributed by atoms with van der Waals surface area (Å²) in [5.74, 6) is 0.166. The van der Waals surface area contributed by atoms with Crippen molar-refractivity contribution in [1.82, 2.24) is 5.32 Å². The van der Waals surface area contributed by atoms with Crippen molar-refractivity contribution < 1.29 is 10.2 Å². The minimum Gasteiger partial charge on any atom is -0.508 e. The fourth-order valence-corrected chi connectivity index (χ4v) is 1.31. The van der Waals surface area contributed by atoms with Crippen molar-refractivity contribution in [3.05, 3.63) is 23.8 Å². The predicted octanol–water partition coefficient (Wildman–Crippen LogP) is 0.707. The first-order chi connectivity index (χ1) is 6.65. The van der Waals surface area contributed by atoms with E-state index in [1.165, 1.54) is 6.07 Å². The lowest BCUT2D eigenvalue weighted by atomic mass is 10.1. The first-order valence-corrected chi connectivity index (χ1v) is 4.60. The van der Waals surface area contributed by atoms with Gasteiger partial charge in [-0.2, -0.15) is 0 Å². The first-order valence-electron chi connectivity index (χ1n) is 4.60. The van der Waals surface area contributed by atoms with E-state index in [1.54, 1.807) is 12.1 Å². The summed E-state index contributed by atoms with van der Waals surface area (Å²) in [6.07, 6.45) is 0. The standard InChI is InChI=1S/C10H16N2O2/c1-7(12-5-4-11)9-3-2-8(13)6-10(9)14/h2-3,6-7,12-14H,4-5,11H2,1H3. The fraction of sp³-hybridized carbons (Fsp3) is 0.400. The summed E-state index contributed by atoms with van der Waals surface area (Å²) in [7, 11) is 0. The van der Waals surface area contributed by atoms with Crippen molar-refractivity contribution in [2.75, 3.05) is 13.1 Å². The monoisotopic (exact) mass is 196 g/mol. The number of rotatable bonds is 4. The Morgan fingerprint density at radius 1 is 1.43 bits per heavy atom. The van der Waals surface area contributed by atoms with Crippen LogP contribution in [0.25, 0.3) is 0 Å². The Labute approximate surface area is 83.4 Å². The smallest absolute Gasteiger partial charge is 0.124 e. The van der Waals surface area contributed by atoms with Gasteiger partial charge >= 0.3 is 0 Å². The Bertz CT molecular complexity index is 302. The van der Waals surface area contributed by atoms with E-state index in [2.05, 4.69) is 5.32 Å². The normalized spacial score (nSPS) is 12.7. The average molecular weight is 196 g/mol. The third-order valence-electron chi connectivity index (χ3n) is 2.08. The molecule has 0 aliphatic carbocycles. The molecule has 0 saturated carbocycles. The van der Waals surface area contributed by atoms with Gasteiger partial charge in [0.25, 0.3) is 0 Å². The van der Waals surface area contributed by atoms with Crippen molar-refractivity contribution >= 4 is 0 Å². The molecule has 0 radical (unpaired) electrons. The molecule has 14 heavy (non-hydrogen) atoms. The van der Waals surface area contributed by atoms with Gasteiger partial charge in [0.05, 0.1) is 0 Å². The van der Waals surface area contributed by atoms with Crippen molar-refractivity contribution in [2.45, 2.75) is 13.0 Å². The summed E-state index contributed by atoms with van der Waals surface area (Å²) in [6.45, 7) is 3.19. The van der Waals surface area contributed by atoms with E-state index < -0.39 is 0 Å². The van der Waals surface area contributed by atoms with Crippen LogP contribution in [0.2, 0.25) is 0 Å². The molecule has 0 aliphatic rings. The van der Waals surface area contributed by atoms with Crippen molar-refractivity contribution in [3.8, 4) is 11.5 Å². The predicted molar refractivity (Wildman–Crippen MR) is 55.2 cm³/mol. The Morgan fingerprint density at radius 2 is 2.14 bits per heavy atom. The minimum absolute atomic E-state index is 0.0270. The van der Waals surface area contributed by atoms with Gasteiger partial charge in [-0.1, -0.05) is 6.07 Å². The molecule has 0 amide bonds. The molecule has 0 aromatic heterocycles. The molecule has 1 atom stereocenters. The molecule has 1 aromatic carbocycles. The molecule has 0 spiro atoms. The first kappa shape index (κ1) is 10.8. The topological polar surface area (TPSA) is 78.5 Å². The summed E-state index contributed by atoms with van der Waals surface area (Å²) in [5.41, 5.74) is 6.11. The maximum atomic E-state index is 9.53. The van der Waals surface area contributed by atoms with Gasteiger partial charge in [0, 0.05) is 30.8 Å². The summed E-state index contributed by atoms with van der Waals surface area (Å²) in [4.78, 5) is 0. The highest BCUT2D eigenvalue weighted by Crippen LogP contribution is 2.27. The molecule has 78 valence electrons. The molecule has 0 aliphatic heterocycles. The molecule has 4 heteroatoms. The van der Waals surface area contributed by atoms with Crippen LogP contribution in [-0.2, 0) is 0 Å². The molecule has 0 saturated heterocycles. The van der Waals surface area contributed by atoms with Crippen LogP contribution in [0.1, 0.15) is 18.5 Å². The van der Waals surface area contributed by atoms with Crippen LogP contribution < -0.4 is 11.1 Å².